The molecule has 2 aromatic carbocycles. The second-order valence-electron chi connectivity index (χ2n) is 10.4. The molecule has 38 heavy (non-hydrogen) atoms. The number of fused-ring (bicyclic) bond motifs is 4. The monoisotopic (exact) mass is 507 g/mol. The summed E-state index contributed by atoms with van der Waals surface area (Å²) < 4.78 is 12.0. The van der Waals surface area contributed by atoms with Gasteiger partial charge < -0.3 is 9.47 Å². The molecular formula is C32H33N3O3. The van der Waals surface area contributed by atoms with Crippen molar-refractivity contribution in [2.24, 2.45) is 11.8 Å². The maximum Gasteiger partial charge on any atom is 0.338 e. The molecule has 3 fully saturated rings. The predicted molar refractivity (Wildman–Crippen MR) is 148 cm³/mol. The highest BCUT2D eigenvalue weighted by molar-refractivity contribution is 5.91. The Morgan fingerprint density at radius 2 is 1.92 bits per heavy atom. The first kappa shape index (κ1) is 24.6. The molecule has 6 heteroatoms. The van der Waals surface area contributed by atoms with Gasteiger partial charge in [0, 0.05) is 35.5 Å². The molecule has 0 radical (unpaired) electrons. The van der Waals surface area contributed by atoms with E-state index in [1.807, 2.05) is 72.9 Å². The molecule has 194 valence electrons. The topological polar surface area (TPSA) is 64.5 Å². The third kappa shape index (κ3) is 4.65. The van der Waals surface area contributed by atoms with Gasteiger partial charge in [-0.25, -0.2) is 4.79 Å². The smallest absolute Gasteiger partial charge is 0.338 e. The van der Waals surface area contributed by atoms with Crippen molar-refractivity contribution in [2.75, 3.05) is 20.2 Å². The van der Waals surface area contributed by atoms with Crippen LogP contribution >= 0.6 is 0 Å². The molecule has 7 rings (SSSR count). The van der Waals surface area contributed by atoms with Crippen molar-refractivity contribution in [2.45, 2.75) is 38.3 Å². The Bertz CT molecular complexity index is 1420. The van der Waals surface area contributed by atoms with Crippen molar-refractivity contribution in [1.29, 1.82) is 0 Å². The Hall–Kier alpha value is -3.77. The molecule has 3 saturated heterocycles. The van der Waals surface area contributed by atoms with Crippen LogP contribution < -0.4 is 4.74 Å². The van der Waals surface area contributed by atoms with Crippen LogP contribution in [0.5, 0.6) is 5.75 Å². The lowest BCUT2D eigenvalue weighted by molar-refractivity contribution is -0.0659. The summed E-state index contributed by atoms with van der Waals surface area (Å²) in [6.45, 7) is 4.40. The van der Waals surface area contributed by atoms with E-state index < -0.39 is 6.10 Å². The minimum atomic E-state index is -0.406. The quantitative estimate of drug-likeness (QED) is 0.273. The SMILES string of the molecule is CC[C@H]1CN2CC[C@H]1C[C@H]2[C@H](OC(=O)c1ccc(-c2ccccn2)cc1)c1ccnc2ccc(OC)cc12. The molecule has 2 aromatic heterocycles. The number of carbonyl (C=O) groups excluding carboxylic acids is 1. The zero-order chi connectivity index (χ0) is 26.1. The number of nitrogens with zero attached hydrogens (tertiary/aromatic N) is 3. The molecule has 5 atom stereocenters. The number of carbonyl (C=O) groups is 1. The molecular weight excluding hydrogens is 474 g/mol. The van der Waals surface area contributed by atoms with Gasteiger partial charge in [-0.3, -0.25) is 14.9 Å². The molecule has 0 amide bonds. The van der Waals surface area contributed by atoms with Crippen molar-refractivity contribution in [3.63, 3.8) is 0 Å². The minimum absolute atomic E-state index is 0.130. The van der Waals surface area contributed by atoms with Crippen LogP contribution in [0.4, 0.5) is 0 Å². The lowest BCUT2D eigenvalue weighted by Crippen LogP contribution is -2.55. The second-order valence-corrected chi connectivity index (χ2v) is 10.4. The largest absolute Gasteiger partial charge is 0.497 e. The molecule has 0 aliphatic carbocycles. The second kappa shape index (κ2) is 10.5. The van der Waals surface area contributed by atoms with Crippen LogP contribution in [0.2, 0.25) is 0 Å². The van der Waals surface area contributed by atoms with E-state index in [1.165, 1.54) is 12.8 Å². The van der Waals surface area contributed by atoms with Crippen LogP contribution in [0.25, 0.3) is 22.2 Å². The highest BCUT2D eigenvalue weighted by Crippen LogP contribution is 2.44. The zero-order valence-corrected chi connectivity index (χ0v) is 21.9. The third-order valence-corrected chi connectivity index (χ3v) is 8.41. The summed E-state index contributed by atoms with van der Waals surface area (Å²) in [5.74, 6) is 1.82. The van der Waals surface area contributed by atoms with E-state index in [0.29, 0.717) is 17.4 Å². The standard InChI is InChI=1S/C32H33N3O3/c1-3-21-20-35-17-14-24(21)18-30(35)31(26-13-16-34-29-12-11-25(37-2)19-27(26)29)38-32(36)23-9-7-22(8-10-23)28-6-4-5-15-33-28/h4-13,15-16,19,21,24,30-31H,3,14,17-18,20H2,1-2H3/t21-,24-,30-,31+/m0/s1. The summed E-state index contributed by atoms with van der Waals surface area (Å²) in [5.41, 5.74) is 4.23. The van der Waals surface area contributed by atoms with E-state index in [-0.39, 0.29) is 12.0 Å². The Morgan fingerprint density at radius 3 is 2.63 bits per heavy atom. The minimum Gasteiger partial charge on any atom is -0.497 e. The Labute approximate surface area is 223 Å². The van der Waals surface area contributed by atoms with Crippen molar-refractivity contribution in [3.8, 4) is 17.0 Å². The van der Waals surface area contributed by atoms with Crippen LogP contribution in [0.15, 0.2) is 79.1 Å². The molecule has 0 saturated carbocycles. The summed E-state index contributed by atoms with van der Waals surface area (Å²) >= 11 is 0. The number of esters is 1. The number of hydrogen-bond acceptors (Lipinski definition) is 6. The fourth-order valence-electron chi connectivity index (χ4n) is 6.32. The lowest BCUT2D eigenvalue weighted by atomic mass is 9.72. The summed E-state index contributed by atoms with van der Waals surface area (Å²) in [5, 5.41) is 0.963. The fraction of sp³-hybridized carbons (Fsp3) is 0.344. The van der Waals surface area contributed by atoms with E-state index in [4.69, 9.17) is 9.47 Å². The van der Waals surface area contributed by atoms with Crippen molar-refractivity contribution in [1.82, 2.24) is 14.9 Å². The molecule has 3 aliphatic heterocycles. The van der Waals surface area contributed by atoms with Gasteiger partial charge in [0.2, 0.25) is 0 Å². The first-order valence-electron chi connectivity index (χ1n) is 13.5. The van der Waals surface area contributed by atoms with Crippen molar-refractivity contribution in [3.05, 3.63) is 90.3 Å². The van der Waals surface area contributed by atoms with Gasteiger partial charge in [-0.15, -0.1) is 0 Å². The molecule has 0 N–H and O–H groups in total. The third-order valence-electron chi connectivity index (χ3n) is 8.41. The molecule has 3 aliphatic rings. The van der Waals surface area contributed by atoms with E-state index in [1.54, 1.807) is 13.3 Å². The molecule has 4 aromatic rings. The van der Waals surface area contributed by atoms with Gasteiger partial charge in [0.05, 0.1) is 29.9 Å². The van der Waals surface area contributed by atoms with Crippen LogP contribution in [0, 0.1) is 11.8 Å². The highest BCUT2D eigenvalue weighted by Gasteiger charge is 2.44. The number of benzene rings is 2. The van der Waals surface area contributed by atoms with Crippen LogP contribution in [-0.2, 0) is 4.74 Å². The number of aromatic nitrogens is 2. The van der Waals surface area contributed by atoms with Crippen molar-refractivity contribution < 1.29 is 14.3 Å². The van der Waals surface area contributed by atoms with Crippen molar-refractivity contribution >= 4 is 16.9 Å². The van der Waals surface area contributed by atoms with Gasteiger partial charge in [0.15, 0.2) is 0 Å². The summed E-state index contributed by atoms with van der Waals surface area (Å²) in [6, 6.07) is 21.4. The predicted octanol–water partition coefficient (Wildman–Crippen LogP) is 6.32. The van der Waals surface area contributed by atoms with E-state index in [0.717, 1.165) is 53.0 Å². The first-order valence-corrected chi connectivity index (χ1v) is 13.5. The number of pyridine rings is 2. The Morgan fingerprint density at radius 1 is 1.05 bits per heavy atom. The van der Waals surface area contributed by atoms with E-state index in [2.05, 4.69) is 21.8 Å². The van der Waals surface area contributed by atoms with Crippen LogP contribution in [0.1, 0.15) is 48.2 Å². The Balaban J connectivity index is 1.35. The van der Waals surface area contributed by atoms with Crippen LogP contribution in [-0.4, -0.2) is 47.1 Å². The number of ether oxygens (including phenoxy) is 2. The van der Waals surface area contributed by atoms with Gasteiger partial charge in [0.25, 0.3) is 0 Å². The molecule has 0 spiro atoms. The lowest BCUT2D eigenvalue weighted by Gasteiger charge is -2.51. The number of rotatable bonds is 7. The summed E-state index contributed by atoms with van der Waals surface area (Å²) in [7, 11) is 1.67. The van der Waals surface area contributed by atoms with Gasteiger partial charge >= 0.3 is 5.97 Å². The normalized spacial score (nSPS) is 23.2. The number of hydrogen-bond donors (Lipinski definition) is 0. The molecule has 6 nitrogen and oxygen atoms in total. The van der Waals surface area contributed by atoms with E-state index in [9.17, 15) is 4.79 Å². The average Bonchev–Trinajstić information content (AvgIpc) is 3.00. The molecule has 2 bridgehead atoms. The maximum absolute atomic E-state index is 13.6. The zero-order valence-electron chi connectivity index (χ0n) is 21.9. The van der Waals surface area contributed by atoms with Gasteiger partial charge in [-0.2, -0.15) is 0 Å². The molecule has 5 heterocycles. The first-order chi connectivity index (χ1) is 18.6. The number of piperidine rings is 3. The highest BCUT2D eigenvalue weighted by atomic mass is 16.5. The maximum atomic E-state index is 13.6. The van der Waals surface area contributed by atoms with E-state index >= 15 is 0 Å². The fourth-order valence-corrected chi connectivity index (χ4v) is 6.32. The molecule has 1 unspecified atom stereocenters. The number of methoxy groups -OCH3 is 1. The Kier molecular flexibility index (Phi) is 6.81. The van der Waals surface area contributed by atoms with Crippen LogP contribution in [0.3, 0.4) is 0 Å². The summed E-state index contributed by atoms with van der Waals surface area (Å²) in [6.07, 6.45) is 6.62. The van der Waals surface area contributed by atoms with Gasteiger partial charge in [-0.05, 0) is 79.8 Å². The van der Waals surface area contributed by atoms with Gasteiger partial charge in [0.1, 0.15) is 11.9 Å². The average molecular weight is 508 g/mol. The summed E-state index contributed by atoms with van der Waals surface area (Å²) in [4.78, 5) is 25.1. The van der Waals surface area contributed by atoms with Gasteiger partial charge in [-0.1, -0.05) is 31.5 Å².